The van der Waals surface area contributed by atoms with E-state index in [1.54, 1.807) is 12.3 Å². The molecule has 0 radical (unpaired) electrons. The Labute approximate surface area is 115 Å². The monoisotopic (exact) mass is 258 g/mol. The third-order valence-corrected chi connectivity index (χ3v) is 2.40. The first-order chi connectivity index (χ1) is 9.11. The molecule has 0 saturated heterocycles. The molecule has 1 aliphatic heterocycles. The SMILES string of the molecule is C=C/C=C(C)/C=C(C)/C=C(C)/C=N/NC1=NCCN1. The molecule has 0 spiro atoms. The zero-order valence-corrected chi connectivity index (χ0v) is 11.9. The summed E-state index contributed by atoms with van der Waals surface area (Å²) in [4.78, 5) is 4.19. The van der Waals surface area contributed by atoms with Crippen LogP contribution in [0.4, 0.5) is 0 Å². The van der Waals surface area contributed by atoms with Gasteiger partial charge in [-0.1, -0.05) is 42.0 Å². The number of hydrazone groups is 1. The van der Waals surface area contributed by atoms with Gasteiger partial charge in [-0.05, 0) is 26.3 Å². The van der Waals surface area contributed by atoms with E-state index in [2.05, 4.69) is 46.5 Å². The van der Waals surface area contributed by atoms with Crippen LogP contribution in [0.1, 0.15) is 20.8 Å². The minimum atomic E-state index is 0.737. The van der Waals surface area contributed by atoms with Crippen molar-refractivity contribution in [2.45, 2.75) is 20.8 Å². The van der Waals surface area contributed by atoms with Gasteiger partial charge in [0, 0.05) is 6.54 Å². The maximum absolute atomic E-state index is 4.19. The van der Waals surface area contributed by atoms with Crippen LogP contribution in [0.3, 0.4) is 0 Å². The molecule has 0 atom stereocenters. The van der Waals surface area contributed by atoms with E-state index in [9.17, 15) is 0 Å². The number of nitrogens with zero attached hydrogens (tertiary/aromatic N) is 2. The predicted molar refractivity (Wildman–Crippen MR) is 83.4 cm³/mol. The van der Waals surface area contributed by atoms with Gasteiger partial charge in [-0.15, -0.1) is 0 Å². The first-order valence-electron chi connectivity index (χ1n) is 6.35. The van der Waals surface area contributed by atoms with E-state index >= 15 is 0 Å². The normalized spacial score (nSPS) is 17.4. The van der Waals surface area contributed by atoms with Gasteiger partial charge in [0.05, 0.1) is 12.8 Å². The molecule has 1 aliphatic rings. The Kier molecular flexibility index (Phi) is 6.36. The maximum Gasteiger partial charge on any atom is 0.212 e. The Balaban J connectivity index is 2.53. The number of allylic oxidation sites excluding steroid dienone is 7. The average Bonchev–Trinajstić information content (AvgIpc) is 2.81. The molecule has 102 valence electrons. The lowest BCUT2D eigenvalue weighted by Crippen LogP contribution is -2.30. The van der Waals surface area contributed by atoms with E-state index in [4.69, 9.17) is 0 Å². The largest absolute Gasteiger partial charge is 0.353 e. The summed E-state index contributed by atoms with van der Waals surface area (Å²) >= 11 is 0. The third-order valence-electron chi connectivity index (χ3n) is 2.40. The summed E-state index contributed by atoms with van der Waals surface area (Å²) in [5.41, 5.74) is 6.30. The summed E-state index contributed by atoms with van der Waals surface area (Å²) in [6, 6.07) is 0. The van der Waals surface area contributed by atoms with Crippen molar-refractivity contribution in [1.29, 1.82) is 0 Å². The van der Waals surface area contributed by atoms with Crippen LogP contribution in [0.15, 0.2) is 57.7 Å². The van der Waals surface area contributed by atoms with Gasteiger partial charge in [-0.3, -0.25) is 0 Å². The molecule has 1 rings (SSSR count). The fourth-order valence-corrected chi connectivity index (χ4v) is 1.70. The van der Waals surface area contributed by atoms with E-state index in [-0.39, 0.29) is 0 Å². The molecule has 0 bridgehead atoms. The van der Waals surface area contributed by atoms with Crippen molar-refractivity contribution < 1.29 is 0 Å². The molecule has 0 aromatic rings. The van der Waals surface area contributed by atoms with Crippen LogP contribution in [-0.4, -0.2) is 25.3 Å². The van der Waals surface area contributed by atoms with E-state index in [1.165, 1.54) is 11.1 Å². The van der Waals surface area contributed by atoms with Gasteiger partial charge >= 0.3 is 0 Å². The predicted octanol–water partition coefficient (Wildman–Crippen LogP) is 2.55. The van der Waals surface area contributed by atoms with Crippen LogP contribution in [0, 0.1) is 0 Å². The summed E-state index contributed by atoms with van der Waals surface area (Å²) in [6.07, 6.45) is 9.74. The average molecular weight is 258 g/mol. The Morgan fingerprint density at radius 2 is 2.00 bits per heavy atom. The van der Waals surface area contributed by atoms with Gasteiger partial charge in [0.25, 0.3) is 0 Å². The fourth-order valence-electron chi connectivity index (χ4n) is 1.70. The van der Waals surface area contributed by atoms with Crippen molar-refractivity contribution >= 4 is 12.2 Å². The van der Waals surface area contributed by atoms with Gasteiger partial charge in [-0.2, -0.15) is 5.10 Å². The van der Waals surface area contributed by atoms with Crippen LogP contribution in [0.2, 0.25) is 0 Å². The molecule has 4 nitrogen and oxygen atoms in total. The van der Waals surface area contributed by atoms with Crippen LogP contribution >= 0.6 is 0 Å². The van der Waals surface area contributed by atoms with Gasteiger partial charge in [0.2, 0.25) is 5.96 Å². The lowest BCUT2D eigenvalue weighted by Gasteiger charge is -1.99. The molecule has 19 heavy (non-hydrogen) atoms. The minimum Gasteiger partial charge on any atom is -0.353 e. The molecule has 4 heteroatoms. The molecule has 0 amide bonds. The Morgan fingerprint density at radius 3 is 2.63 bits per heavy atom. The van der Waals surface area contributed by atoms with E-state index in [0.29, 0.717) is 0 Å². The van der Waals surface area contributed by atoms with Crippen LogP contribution in [-0.2, 0) is 0 Å². The van der Waals surface area contributed by atoms with Crippen molar-refractivity contribution in [2.24, 2.45) is 10.1 Å². The van der Waals surface area contributed by atoms with E-state index in [0.717, 1.165) is 24.6 Å². The van der Waals surface area contributed by atoms with Crippen molar-refractivity contribution in [3.63, 3.8) is 0 Å². The second-order valence-electron chi connectivity index (χ2n) is 4.45. The first-order valence-corrected chi connectivity index (χ1v) is 6.35. The van der Waals surface area contributed by atoms with Crippen LogP contribution in [0.25, 0.3) is 0 Å². The molecule has 0 aromatic heterocycles. The standard InChI is InChI=1S/C15H22N4/c1-5-6-12(2)9-13(3)10-14(4)11-18-19-15-16-7-8-17-15/h5-6,9-11H,1,7-8H2,2-4H3,(H2,16,17,19)/b12-6+,13-9+,14-10+,18-11+. The summed E-state index contributed by atoms with van der Waals surface area (Å²) < 4.78 is 0. The van der Waals surface area contributed by atoms with Crippen molar-refractivity contribution in [1.82, 2.24) is 10.7 Å². The minimum absolute atomic E-state index is 0.737. The first kappa shape index (κ1) is 15.0. The third kappa shape index (κ3) is 6.41. The van der Waals surface area contributed by atoms with Crippen LogP contribution < -0.4 is 10.7 Å². The molecule has 0 saturated carbocycles. The smallest absolute Gasteiger partial charge is 0.212 e. The van der Waals surface area contributed by atoms with Gasteiger partial charge < -0.3 is 5.32 Å². The summed E-state index contributed by atoms with van der Waals surface area (Å²) in [5.74, 6) is 0.737. The van der Waals surface area contributed by atoms with Gasteiger partial charge in [0.15, 0.2) is 0 Å². The quantitative estimate of drug-likeness (QED) is 0.452. The van der Waals surface area contributed by atoms with E-state index in [1.807, 2.05) is 19.9 Å². The Bertz CT molecular complexity index is 465. The van der Waals surface area contributed by atoms with Gasteiger partial charge in [-0.25, -0.2) is 10.4 Å². The number of aliphatic imine (C=N–C) groups is 1. The van der Waals surface area contributed by atoms with Crippen molar-refractivity contribution in [3.05, 3.63) is 47.6 Å². The number of hydrogen-bond acceptors (Lipinski definition) is 4. The van der Waals surface area contributed by atoms with Crippen molar-refractivity contribution in [2.75, 3.05) is 13.1 Å². The van der Waals surface area contributed by atoms with Crippen LogP contribution in [0.5, 0.6) is 0 Å². The highest BCUT2D eigenvalue weighted by Gasteiger charge is 2.00. The zero-order chi connectivity index (χ0) is 14.1. The van der Waals surface area contributed by atoms with E-state index < -0.39 is 0 Å². The lowest BCUT2D eigenvalue weighted by molar-refractivity contribution is 0.919. The topological polar surface area (TPSA) is 48.8 Å². The number of nitrogens with one attached hydrogen (secondary N) is 2. The second-order valence-corrected chi connectivity index (χ2v) is 4.45. The molecule has 0 aliphatic carbocycles. The summed E-state index contributed by atoms with van der Waals surface area (Å²) in [7, 11) is 0. The molecule has 2 N–H and O–H groups in total. The Hall–Kier alpha value is -2.10. The lowest BCUT2D eigenvalue weighted by atomic mass is 10.1. The zero-order valence-electron chi connectivity index (χ0n) is 11.9. The summed E-state index contributed by atoms with van der Waals surface area (Å²) in [5, 5.41) is 7.22. The number of rotatable bonds is 5. The highest BCUT2D eigenvalue weighted by atomic mass is 15.4. The molecular formula is C15H22N4. The Morgan fingerprint density at radius 1 is 1.26 bits per heavy atom. The number of hydrogen-bond donors (Lipinski definition) is 2. The molecule has 0 unspecified atom stereocenters. The highest BCUT2D eigenvalue weighted by Crippen LogP contribution is 2.05. The molecule has 0 aromatic carbocycles. The fraction of sp³-hybridized carbons (Fsp3) is 0.333. The summed E-state index contributed by atoms with van der Waals surface area (Å²) in [6.45, 7) is 11.5. The van der Waals surface area contributed by atoms with Gasteiger partial charge in [0.1, 0.15) is 0 Å². The highest BCUT2D eigenvalue weighted by molar-refractivity contribution is 5.84. The molecular weight excluding hydrogens is 236 g/mol. The second kappa shape index (κ2) is 8.08. The maximum atomic E-state index is 4.19. The van der Waals surface area contributed by atoms with Crippen molar-refractivity contribution in [3.8, 4) is 0 Å². The molecule has 0 fully saturated rings. The number of guanidine groups is 1. The molecule has 1 heterocycles.